The van der Waals surface area contributed by atoms with Crippen LogP contribution in [0.5, 0.6) is 5.75 Å². The number of benzene rings is 1. The second-order valence-electron chi connectivity index (χ2n) is 5.88. The first-order chi connectivity index (χ1) is 13.0. The summed E-state index contributed by atoms with van der Waals surface area (Å²) in [5.74, 6) is -0.915. The van der Waals surface area contributed by atoms with E-state index in [0.717, 1.165) is 18.5 Å². The number of aromatic nitrogens is 2. The molecule has 3 rings (SSSR count). The number of ketones is 1. The van der Waals surface area contributed by atoms with Gasteiger partial charge in [-0.25, -0.2) is 0 Å². The minimum Gasteiger partial charge on any atom is -0.497 e. The molecule has 0 aliphatic rings. The van der Waals surface area contributed by atoms with Crippen LogP contribution < -0.4 is 10.1 Å². The topological polar surface area (TPSA) is 73.2 Å². The number of amides is 1. The number of fused-ring (bicyclic) bond motifs is 1. The van der Waals surface area contributed by atoms with Gasteiger partial charge in [-0.15, -0.1) is 0 Å². The number of carbonyl (C=O) groups is 2. The Morgan fingerprint density at radius 1 is 1.22 bits per heavy atom. The molecule has 0 saturated heterocycles. The smallest absolute Gasteiger partial charge is 0.296 e. The lowest BCUT2D eigenvalue weighted by molar-refractivity contribution is -0.112. The lowest BCUT2D eigenvalue weighted by Gasteiger charge is -2.07. The number of nitrogens with one attached hydrogen (secondary N) is 1. The highest BCUT2D eigenvalue weighted by Crippen LogP contribution is 2.30. The molecule has 27 heavy (non-hydrogen) atoms. The van der Waals surface area contributed by atoms with Crippen LogP contribution in [-0.4, -0.2) is 28.4 Å². The fourth-order valence-corrected chi connectivity index (χ4v) is 3.29. The van der Waals surface area contributed by atoms with Crippen molar-refractivity contribution < 1.29 is 14.3 Å². The Hall–Kier alpha value is -2.57. The van der Waals surface area contributed by atoms with E-state index in [2.05, 4.69) is 10.3 Å². The molecule has 2 heterocycles. The van der Waals surface area contributed by atoms with Gasteiger partial charge in [0, 0.05) is 36.0 Å². The number of Topliss-reactive ketones (excluding diaryl/α,β-unsaturated/α-hetero) is 1. The Kier molecular flexibility index (Phi) is 5.68. The molecule has 0 atom stereocenters. The number of aryl methyl sites for hydroxylation is 1. The van der Waals surface area contributed by atoms with E-state index in [1.165, 1.54) is 12.4 Å². The zero-order chi connectivity index (χ0) is 19.6. The van der Waals surface area contributed by atoms with E-state index in [-0.39, 0.29) is 21.3 Å². The average Bonchev–Trinajstić information content (AvgIpc) is 3.02. The molecular weight excluding hydrogens is 389 g/mol. The van der Waals surface area contributed by atoms with Gasteiger partial charge >= 0.3 is 0 Å². The molecule has 1 N–H and O–H groups in total. The van der Waals surface area contributed by atoms with Gasteiger partial charge < -0.3 is 14.6 Å². The van der Waals surface area contributed by atoms with Crippen molar-refractivity contribution in [3.05, 3.63) is 52.4 Å². The van der Waals surface area contributed by atoms with Crippen LogP contribution in [0.25, 0.3) is 10.9 Å². The van der Waals surface area contributed by atoms with E-state index in [1.807, 2.05) is 23.6 Å². The van der Waals surface area contributed by atoms with E-state index < -0.39 is 11.7 Å². The van der Waals surface area contributed by atoms with Crippen LogP contribution in [0.4, 0.5) is 5.69 Å². The zero-order valence-corrected chi connectivity index (χ0v) is 16.3. The lowest BCUT2D eigenvalue weighted by atomic mass is 10.1. The molecule has 0 saturated carbocycles. The molecule has 2 aromatic heterocycles. The summed E-state index contributed by atoms with van der Waals surface area (Å²) in [5, 5.41) is 3.43. The largest absolute Gasteiger partial charge is 0.497 e. The predicted molar refractivity (Wildman–Crippen MR) is 106 cm³/mol. The number of hydrogen-bond acceptors (Lipinski definition) is 4. The van der Waals surface area contributed by atoms with Gasteiger partial charge in [0.25, 0.3) is 11.7 Å². The molecule has 0 spiro atoms. The van der Waals surface area contributed by atoms with Crippen molar-refractivity contribution in [3.63, 3.8) is 0 Å². The fourth-order valence-electron chi connectivity index (χ4n) is 2.83. The number of halogens is 2. The lowest BCUT2D eigenvalue weighted by Crippen LogP contribution is -2.23. The summed E-state index contributed by atoms with van der Waals surface area (Å²) < 4.78 is 7.20. The molecule has 0 bridgehead atoms. The first-order valence-corrected chi connectivity index (χ1v) is 9.03. The van der Waals surface area contributed by atoms with E-state index in [1.54, 1.807) is 19.4 Å². The highest BCUT2D eigenvalue weighted by atomic mass is 35.5. The van der Waals surface area contributed by atoms with Gasteiger partial charge in [0.15, 0.2) is 0 Å². The summed E-state index contributed by atoms with van der Waals surface area (Å²) >= 11 is 12.0. The fraction of sp³-hybridized carbons (Fsp3) is 0.211. The third kappa shape index (κ3) is 3.77. The highest BCUT2D eigenvalue weighted by Gasteiger charge is 2.23. The SMILES string of the molecule is CCCn1cc(C(=O)C(=O)Nc2c(Cl)cncc2Cl)c2cc(OC)ccc21. The van der Waals surface area contributed by atoms with Crippen LogP contribution in [0.3, 0.4) is 0 Å². The van der Waals surface area contributed by atoms with Crippen LogP contribution in [0, 0.1) is 0 Å². The standard InChI is InChI=1S/C19H17Cl2N3O3/c1-3-6-24-10-13(12-7-11(27-2)4-5-16(12)24)18(25)19(26)23-17-14(20)8-22-9-15(17)21/h4-5,7-10H,3,6H2,1-2H3,(H,22,23,26). The Labute approximate surface area is 166 Å². The molecular formula is C19H17Cl2N3O3. The quantitative estimate of drug-likeness (QED) is 0.480. The predicted octanol–water partition coefficient (Wildman–Crippen LogP) is 4.58. The van der Waals surface area contributed by atoms with E-state index in [0.29, 0.717) is 11.1 Å². The van der Waals surface area contributed by atoms with Crippen LogP contribution >= 0.6 is 23.2 Å². The Balaban J connectivity index is 2.00. The van der Waals surface area contributed by atoms with Crippen molar-refractivity contribution in [3.8, 4) is 5.75 Å². The zero-order valence-electron chi connectivity index (χ0n) is 14.8. The molecule has 1 amide bonds. The van der Waals surface area contributed by atoms with Crippen molar-refractivity contribution in [2.24, 2.45) is 0 Å². The Bertz CT molecular complexity index is 1010. The van der Waals surface area contributed by atoms with Gasteiger partial charge in [0.2, 0.25) is 0 Å². The van der Waals surface area contributed by atoms with E-state index in [9.17, 15) is 9.59 Å². The van der Waals surface area contributed by atoms with Gasteiger partial charge in [0.1, 0.15) is 5.75 Å². The second kappa shape index (κ2) is 7.98. The number of carbonyl (C=O) groups excluding carboxylic acids is 2. The first kappa shape index (κ1) is 19.2. The monoisotopic (exact) mass is 405 g/mol. The van der Waals surface area contributed by atoms with Crippen molar-refractivity contribution in [2.75, 3.05) is 12.4 Å². The number of hydrogen-bond donors (Lipinski definition) is 1. The van der Waals surface area contributed by atoms with Crippen LogP contribution in [-0.2, 0) is 11.3 Å². The van der Waals surface area contributed by atoms with Crippen molar-refractivity contribution in [2.45, 2.75) is 19.9 Å². The molecule has 0 aliphatic heterocycles. The van der Waals surface area contributed by atoms with Gasteiger partial charge in [-0.05, 0) is 24.6 Å². The summed E-state index contributed by atoms with van der Waals surface area (Å²) in [5.41, 5.74) is 1.30. The molecule has 0 aliphatic carbocycles. The minimum atomic E-state index is -0.830. The molecule has 0 radical (unpaired) electrons. The summed E-state index contributed by atoms with van der Waals surface area (Å²) in [7, 11) is 1.55. The van der Waals surface area contributed by atoms with Gasteiger partial charge in [-0.3, -0.25) is 14.6 Å². The van der Waals surface area contributed by atoms with Crippen molar-refractivity contribution in [1.29, 1.82) is 0 Å². The van der Waals surface area contributed by atoms with Gasteiger partial charge in [-0.1, -0.05) is 30.1 Å². The third-order valence-electron chi connectivity index (χ3n) is 4.10. The average molecular weight is 406 g/mol. The second-order valence-corrected chi connectivity index (χ2v) is 6.70. The minimum absolute atomic E-state index is 0.152. The summed E-state index contributed by atoms with van der Waals surface area (Å²) in [6.07, 6.45) is 5.25. The van der Waals surface area contributed by atoms with Crippen LogP contribution in [0.2, 0.25) is 10.0 Å². The number of nitrogens with zero attached hydrogens (tertiary/aromatic N) is 2. The molecule has 8 heteroatoms. The molecule has 0 fully saturated rings. The molecule has 3 aromatic rings. The van der Waals surface area contributed by atoms with Crippen molar-refractivity contribution in [1.82, 2.24) is 9.55 Å². The number of rotatable bonds is 6. The number of ether oxygens (including phenoxy) is 1. The van der Waals surface area contributed by atoms with Crippen LogP contribution in [0.1, 0.15) is 23.7 Å². The first-order valence-electron chi connectivity index (χ1n) is 8.27. The maximum Gasteiger partial charge on any atom is 0.296 e. The summed E-state index contributed by atoms with van der Waals surface area (Å²) in [4.78, 5) is 29.2. The van der Waals surface area contributed by atoms with Gasteiger partial charge in [-0.2, -0.15) is 0 Å². The molecule has 1 aromatic carbocycles. The van der Waals surface area contributed by atoms with Crippen molar-refractivity contribution >= 4 is 51.5 Å². The maximum absolute atomic E-state index is 12.8. The highest BCUT2D eigenvalue weighted by molar-refractivity contribution is 6.50. The summed E-state index contributed by atoms with van der Waals surface area (Å²) in [6.45, 7) is 2.76. The molecule has 6 nitrogen and oxygen atoms in total. The number of anilines is 1. The normalized spacial score (nSPS) is 10.8. The van der Waals surface area contributed by atoms with Crippen LogP contribution in [0.15, 0.2) is 36.8 Å². The van der Waals surface area contributed by atoms with Gasteiger partial charge in [0.05, 0.1) is 28.4 Å². The Morgan fingerprint density at radius 2 is 1.93 bits per heavy atom. The molecule has 0 unspecified atom stereocenters. The third-order valence-corrected chi connectivity index (χ3v) is 4.67. The Morgan fingerprint density at radius 3 is 2.56 bits per heavy atom. The number of pyridine rings is 1. The van der Waals surface area contributed by atoms with E-state index in [4.69, 9.17) is 27.9 Å². The maximum atomic E-state index is 12.8. The summed E-state index contributed by atoms with van der Waals surface area (Å²) in [6, 6.07) is 5.43. The van der Waals surface area contributed by atoms with E-state index >= 15 is 0 Å². The molecule has 140 valence electrons. The number of methoxy groups -OCH3 is 1.